The zero-order valence-corrected chi connectivity index (χ0v) is 39.2. The Morgan fingerprint density at radius 3 is 2.42 bits per heavy atom. The van der Waals surface area contributed by atoms with Gasteiger partial charge in [-0.1, -0.05) is 76.2 Å². The van der Waals surface area contributed by atoms with Crippen molar-refractivity contribution in [3.8, 4) is 10.4 Å². The number of nitrogens with zero attached hydrogens (tertiary/aromatic N) is 2. The van der Waals surface area contributed by atoms with Crippen molar-refractivity contribution in [1.29, 1.82) is 0 Å². The maximum atomic E-state index is 14.2. The molecule has 2 saturated carbocycles. The number of fused-ring (bicyclic) bond motifs is 3. The van der Waals surface area contributed by atoms with Crippen LogP contribution in [0.4, 0.5) is 0 Å². The maximum absolute atomic E-state index is 14.2. The fraction of sp³-hybridized carbons (Fsp3) is 0.646. The number of likely N-dealkylation sites (tertiary alicyclic amines) is 1. The van der Waals surface area contributed by atoms with E-state index < -0.39 is 35.6 Å². The van der Waals surface area contributed by atoms with Gasteiger partial charge in [0.25, 0.3) is 0 Å². The van der Waals surface area contributed by atoms with Crippen molar-refractivity contribution in [1.82, 2.24) is 20.5 Å². The van der Waals surface area contributed by atoms with E-state index in [1.807, 2.05) is 70.5 Å². The van der Waals surface area contributed by atoms with Crippen molar-refractivity contribution in [3.63, 3.8) is 0 Å². The molecule has 6 unspecified atom stereocenters. The van der Waals surface area contributed by atoms with Crippen molar-refractivity contribution >= 4 is 57.7 Å². The van der Waals surface area contributed by atoms with Gasteiger partial charge in [0, 0.05) is 30.1 Å². The number of thioether (sulfide) groups is 1. The lowest BCUT2D eigenvalue weighted by atomic mass is 9.48. The molecule has 3 heterocycles. The van der Waals surface area contributed by atoms with Crippen LogP contribution in [0.1, 0.15) is 130 Å². The first kappa shape index (κ1) is 46.1. The topological polar surface area (TPSA) is 161 Å². The lowest BCUT2D eigenvalue weighted by molar-refractivity contribution is -0.165. The van der Waals surface area contributed by atoms with E-state index in [4.69, 9.17) is 9.47 Å². The molecule has 5 aliphatic rings. The summed E-state index contributed by atoms with van der Waals surface area (Å²) in [5, 5.41) is 5.69. The number of allylic oxidation sites excluding steroid dienone is 2. The highest BCUT2D eigenvalue weighted by atomic mass is 32.2. The Labute approximate surface area is 374 Å². The molecule has 4 fully saturated rings. The number of nitrogens with one attached hydrogen (secondary N) is 2. The summed E-state index contributed by atoms with van der Waals surface area (Å²) in [5.74, 6) is -0.658. The van der Waals surface area contributed by atoms with Gasteiger partial charge in [0.1, 0.15) is 30.9 Å². The number of hydrogen-bond acceptors (Lipinski definition) is 11. The predicted molar refractivity (Wildman–Crippen MR) is 240 cm³/mol. The SMILES string of the molecule is Cc1ncsc1-c1ccc(C(C)NC(=O)[C@@H]2CCCN2C(=O)C(NC(=O)COCC(=O)S[C@@H]2CC3=CC(=O)CCC3(C)C3CCC(C)([C@@]4(C)CCC(=O)O4)CC32)C(C)(C)C)cc1. The average molecular weight is 889 g/mol. The van der Waals surface area contributed by atoms with Gasteiger partial charge >= 0.3 is 5.97 Å². The number of thiazole rings is 1. The van der Waals surface area contributed by atoms with Crippen molar-refractivity contribution in [2.24, 2.45) is 28.1 Å². The molecule has 12 nitrogen and oxygen atoms in total. The highest BCUT2D eigenvalue weighted by Crippen LogP contribution is 2.64. The molecule has 336 valence electrons. The van der Waals surface area contributed by atoms with Gasteiger partial charge in [-0.25, -0.2) is 4.98 Å². The molecule has 62 heavy (non-hydrogen) atoms. The first-order chi connectivity index (χ1) is 29.2. The number of aryl methyl sites for hydroxylation is 1. The number of aromatic nitrogens is 1. The normalized spacial score (nSPS) is 30.7. The van der Waals surface area contributed by atoms with E-state index in [1.165, 1.54) is 11.8 Å². The van der Waals surface area contributed by atoms with Gasteiger partial charge in [0.15, 0.2) is 5.78 Å². The highest BCUT2D eigenvalue weighted by molar-refractivity contribution is 8.14. The average Bonchev–Trinajstić information content (AvgIpc) is 3.97. The summed E-state index contributed by atoms with van der Waals surface area (Å²) in [6, 6.07) is 6.17. The quantitative estimate of drug-likeness (QED) is 0.202. The Morgan fingerprint density at radius 1 is 1.02 bits per heavy atom. The maximum Gasteiger partial charge on any atom is 0.306 e. The largest absolute Gasteiger partial charge is 0.459 e. The molecule has 3 amide bonds. The molecule has 0 bridgehead atoms. The van der Waals surface area contributed by atoms with E-state index >= 15 is 0 Å². The molecule has 9 atom stereocenters. The summed E-state index contributed by atoms with van der Waals surface area (Å²) >= 11 is 2.83. The van der Waals surface area contributed by atoms with Crippen LogP contribution < -0.4 is 10.6 Å². The van der Waals surface area contributed by atoms with Crippen molar-refractivity contribution < 1.29 is 38.2 Å². The van der Waals surface area contributed by atoms with E-state index in [1.54, 1.807) is 16.2 Å². The minimum Gasteiger partial charge on any atom is -0.459 e. The summed E-state index contributed by atoms with van der Waals surface area (Å²) in [5.41, 5.74) is 4.34. The van der Waals surface area contributed by atoms with Crippen LogP contribution in [0.3, 0.4) is 0 Å². The molecule has 2 aliphatic heterocycles. The monoisotopic (exact) mass is 888 g/mol. The lowest BCUT2D eigenvalue weighted by Crippen LogP contribution is -2.58. The van der Waals surface area contributed by atoms with E-state index in [9.17, 15) is 28.8 Å². The number of benzene rings is 1. The Kier molecular flexibility index (Phi) is 13.4. The number of ether oxygens (including phenoxy) is 2. The molecule has 0 spiro atoms. The van der Waals surface area contributed by atoms with Crippen LogP contribution in [-0.4, -0.2) is 87.2 Å². The number of cyclic esters (lactones) is 1. The van der Waals surface area contributed by atoms with Crippen LogP contribution in [0.25, 0.3) is 10.4 Å². The van der Waals surface area contributed by atoms with E-state index in [0.29, 0.717) is 45.1 Å². The molecular weight excluding hydrogens is 825 g/mol. The van der Waals surface area contributed by atoms with Crippen LogP contribution in [0.15, 0.2) is 41.4 Å². The van der Waals surface area contributed by atoms with E-state index in [0.717, 1.165) is 53.0 Å². The molecular formula is C48H64N4O8S2. The second-order valence-electron chi connectivity index (χ2n) is 20.2. The molecule has 2 aromatic rings. The summed E-state index contributed by atoms with van der Waals surface area (Å²) in [7, 11) is 0. The standard InChI is InChI=1S/C48H64N4O8S2/c1-28(30-11-13-31(14-12-30)41-29(2)49-27-61-41)50-43(57)36-10-9-21-52(36)44(58)42(45(3,4)5)51-38(54)25-59-26-40(56)62-37-23-32-22-33(53)15-19-47(32,7)35-16-18-46(6,24-34(35)37)48(8)20-17-39(55)60-48/h11-14,22,27-28,34-37,42H,9-10,15-21,23-26H2,1-8H3,(H,50,57)(H,51,54)/t28?,34?,35?,36-,37+,42?,46?,47?,48+/m0/s1. The van der Waals surface area contributed by atoms with E-state index in [2.05, 4.69) is 36.4 Å². The Morgan fingerprint density at radius 2 is 1.76 bits per heavy atom. The molecule has 7 rings (SSSR count). The van der Waals surface area contributed by atoms with Crippen LogP contribution in [0.5, 0.6) is 0 Å². The fourth-order valence-electron chi connectivity index (χ4n) is 11.1. The number of rotatable bonds is 12. The molecule has 2 saturated heterocycles. The Balaban J connectivity index is 0.944. The summed E-state index contributed by atoms with van der Waals surface area (Å²) in [6.45, 7) is 15.8. The third kappa shape index (κ3) is 9.34. The number of carbonyl (C=O) groups excluding carboxylic acids is 6. The van der Waals surface area contributed by atoms with Gasteiger partial charge in [0.05, 0.1) is 22.1 Å². The van der Waals surface area contributed by atoms with Gasteiger partial charge in [-0.15, -0.1) is 11.3 Å². The molecule has 2 N–H and O–H groups in total. The third-order valence-electron chi connectivity index (χ3n) is 15.1. The van der Waals surface area contributed by atoms with E-state index in [-0.39, 0.29) is 69.2 Å². The summed E-state index contributed by atoms with van der Waals surface area (Å²) in [6.07, 6.45) is 8.71. The van der Waals surface area contributed by atoms with Gasteiger partial charge in [0.2, 0.25) is 22.8 Å². The first-order valence-electron chi connectivity index (χ1n) is 22.3. The molecule has 1 aromatic carbocycles. The first-order valence-corrected chi connectivity index (χ1v) is 24.1. The van der Waals surface area contributed by atoms with Crippen molar-refractivity contribution in [2.45, 2.75) is 149 Å². The predicted octanol–water partition coefficient (Wildman–Crippen LogP) is 7.68. The van der Waals surface area contributed by atoms with Crippen molar-refractivity contribution in [2.75, 3.05) is 19.8 Å². The van der Waals surface area contributed by atoms with Crippen LogP contribution in [0, 0.1) is 35.0 Å². The van der Waals surface area contributed by atoms with Gasteiger partial charge in [-0.05, 0) is 112 Å². The minimum absolute atomic E-state index is 0.0916. The number of hydrogen-bond donors (Lipinski definition) is 2. The second kappa shape index (κ2) is 17.9. The second-order valence-corrected chi connectivity index (χ2v) is 22.4. The Bertz CT molecular complexity index is 2110. The number of esters is 1. The highest BCUT2D eigenvalue weighted by Gasteiger charge is 2.60. The number of ketones is 1. The van der Waals surface area contributed by atoms with Gasteiger partial charge in [-0.2, -0.15) is 0 Å². The molecule has 1 aromatic heterocycles. The van der Waals surface area contributed by atoms with Gasteiger partial charge < -0.3 is 25.0 Å². The zero-order chi connectivity index (χ0) is 44.8. The summed E-state index contributed by atoms with van der Waals surface area (Å²) in [4.78, 5) is 86.9. The smallest absolute Gasteiger partial charge is 0.306 e. The zero-order valence-electron chi connectivity index (χ0n) is 37.6. The minimum atomic E-state index is -0.932. The molecule has 0 radical (unpaired) electrons. The third-order valence-corrected chi connectivity index (χ3v) is 17.3. The van der Waals surface area contributed by atoms with Crippen LogP contribution >= 0.6 is 23.1 Å². The Hall–Kier alpha value is -3.88. The number of amides is 3. The molecule has 14 heteroatoms. The fourth-order valence-corrected chi connectivity index (χ4v) is 13.1. The lowest BCUT2D eigenvalue weighted by Gasteiger charge is -2.59. The van der Waals surface area contributed by atoms with Crippen LogP contribution in [-0.2, 0) is 38.2 Å². The molecule has 3 aliphatic carbocycles. The van der Waals surface area contributed by atoms with Gasteiger partial charge in [-0.3, -0.25) is 28.8 Å². The number of carbonyl (C=O) groups is 6. The summed E-state index contributed by atoms with van der Waals surface area (Å²) < 4.78 is 11.7. The van der Waals surface area contributed by atoms with Crippen LogP contribution in [0.2, 0.25) is 0 Å². The van der Waals surface area contributed by atoms with Crippen molar-refractivity contribution in [3.05, 3.63) is 52.7 Å².